The van der Waals surface area contributed by atoms with Gasteiger partial charge in [-0.1, -0.05) is 25.1 Å². The van der Waals surface area contributed by atoms with Crippen LogP contribution in [0, 0.1) is 20.8 Å². The minimum Gasteiger partial charge on any atom is -0.309 e. The summed E-state index contributed by atoms with van der Waals surface area (Å²) in [4.78, 5) is 5.77. The highest BCUT2D eigenvalue weighted by atomic mass is 32.1. The molecule has 0 radical (unpaired) electrons. The molecule has 1 aromatic heterocycles. The third-order valence-electron chi connectivity index (χ3n) is 3.75. The minimum absolute atomic E-state index is 0.379. The predicted octanol–water partition coefficient (Wildman–Crippen LogP) is 4.35. The average Bonchev–Trinajstić information content (AvgIpc) is 2.85. The topological polar surface area (TPSA) is 24.9 Å². The van der Waals surface area contributed by atoms with E-state index in [-0.39, 0.29) is 0 Å². The lowest BCUT2D eigenvalue weighted by Crippen LogP contribution is -2.24. The Hall–Kier alpha value is -1.19. The second kappa shape index (κ2) is 7.00. The average molecular weight is 288 g/mol. The first-order valence-corrected chi connectivity index (χ1v) is 8.19. The minimum atomic E-state index is 0.379. The van der Waals surface area contributed by atoms with Crippen molar-refractivity contribution >= 4 is 11.3 Å². The van der Waals surface area contributed by atoms with Gasteiger partial charge < -0.3 is 5.32 Å². The summed E-state index contributed by atoms with van der Waals surface area (Å²) in [6.45, 7) is 9.71. The van der Waals surface area contributed by atoms with Crippen LogP contribution in [0.2, 0.25) is 0 Å². The van der Waals surface area contributed by atoms with Crippen molar-refractivity contribution in [2.75, 3.05) is 6.54 Å². The zero-order valence-corrected chi connectivity index (χ0v) is 13.7. The molecular formula is C17H24N2S. The number of hydrogen-bond acceptors (Lipinski definition) is 3. The van der Waals surface area contributed by atoms with E-state index < -0.39 is 0 Å². The smallest absolute Gasteiger partial charge is 0.0798 e. The van der Waals surface area contributed by atoms with E-state index in [2.05, 4.69) is 56.2 Å². The lowest BCUT2D eigenvalue weighted by Gasteiger charge is -2.18. The van der Waals surface area contributed by atoms with Crippen LogP contribution in [-0.4, -0.2) is 11.5 Å². The molecule has 1 heterocycles. The molecule has 1 aromatic carbocycles. The van der Waals surface area contributed by atoms with E-state index in [9.17, 15) is 0 Å². The fourth-order valence-corrected chi connectivity index (χ4v) is 3.27. The lowest BCUT2D eigenvalue weighted by molar-refractivity contribution is 0.533. The van der Waals surface area contributed by atoms with Gasteiger partial charge in [0.05, 0.1) is 11.2 Å². The molecule has 2 rings (SSSR count). The van der Waals surface area contributed by atoms with Crippen LogP contribution < -0.4 is 5.32 Å². The maximum Gasteiger partial charge on any atom is 0.0798 e. The van der Waals surface area contributed by atoms with Crippen molar-refractivity contribution in [2.24, 2.45) is 0 Å². The summed E-state index contributed by atoms with van der Waals surface area (Å²) in [6, 6.07) is 7.16. The van der Waals surface area contributed by atoms with Gasteiger partial charge in [0, 0.05) is 10.9 Å². The first kappa shape index (κ1) is 15.2. The van der Waals surface area contributed by atoms with E-state index >= 15 is 0 Å². The van der Waals surface area contributed by atoms with Crippen molar-refractivity contribution in [3.05, 3.63) is 51.0 Å². The molecule has 1 unspecified atom stereocenters. The first-order chi connectivity index (χ1) is 9.61. The van der Waals surface area contributed by atoms with Gasteiger partial charge in [-0.3, -0.25) is 0 Å². The molecule has 0 fully saturated rings. The standard InChI is InChI=1S/C17H24N2S/c1-5-8-18-16(17-14(4)19-11-20-17)10-15-7-6-12(2)13(3)9-15/h6-7,9,11,16,18H,5,8,10H2,1-4H3. The summed E-state index contributed by atoms with van der Waals surface area (Å²) < 4.78 is 0. The Balaban J connectivity index is 2.19. The summed E-state index contributed by atoms with van der Waals surface area (Å²) in [5, 5.41) is 3.67. The molecular weight excluding hydrogens is 264 g/mol. The highest BCUT2D eigenvalue weighted by Gasteiger charge is 2.16. The Morgan fingerprint density at radius 1 is 1.20 bits per heavy atom. The Labute approximate surface area is 126 Å². The quantitative estimate of drug-likeness (QED) is 0.854. The Kier molecular flexibility index (Phi) is 5.32. The molecule has 108 valence electrons. The summed E-state index contributed by atoms with van der Waals surface area (Å²) in [5.41, 5.74) is 7.24. The van der Waals surface area contributed by atoms with Gasteiger partial charge in [0.1, 0.15) is 0 Å². The zero-order valence-electron chi connectivity index (χ0n) is 12.9. The number of hydrogen-bond donors (Lipinski definition) is 1. The fraction of sp³-hybridized carbons (Fsp3) is 0.471. The Morgan fingerprint density at radius 3 is 2.60 bits per heavy atom. The van der Waals surface area contributed by atoms with Crippen LogP contribution in [0.5, 0.6) is 0 Å². The second-order valence-corrected chi connectivity index (χ2v) is 6.32. The molecule has 0 spiro atoms. The van der Waals surface area contributed by atoms with Gasteiger partial charge in [-0.15, -0.1) is 11.3 Å². The molecule has 1 N–H and O–H groups in total. The van der Waals surface area contributed by atoms with Gasteiger partial charge in [0.2, 0.25) is 0 Å². The molecule has 0 saturated heterocycles. The Morgan fingerprint density at radius 2 is 2.00 bits per heavy atom. The first-order valence-electron chi connectivity index (χ1n) is 7.31. The van der Waals surface area contributed by atoms with Gasteiger partial charge in [-0.05, 0) is 56.8 Å². The number of benzene rings is 1. The van der Waals surface area contributed by atoms with E-state index in [0.29, 0.717) is 6.04 Å². The fourth-order valence-electron chi connectivity index (χ4n) is 2.39. The highest BCUT2D eigenvalue weighted by Crippen LogP contribution is 2.25. The molecule has 2 aromatic rings. The van der Waals surface area contributed by atoms with E-state index in [1.807, 2.05) is 5.51 Å². The molecule has 0 saturated carbocycles. The van der Waals surface area contributed by atoms with Crippen LogP contribution in [0.4, 0.5) is 0 Å². The van der Waals surface area contributed by atoms with Gasteiger partial charge in [-0.25, -0.2) is 4.98 Å². The number of nitrogens with one attached hydrogen (secondary N) is 1. The largest absolute Gasteiger partial charge is 0.309 e. The molecule has 0 aliphatic rings. The third-order valence-corrected chi connectivity index (χ3v) is 4.80. The van der Waals surface area contributed by atoms with E-state index in [1.54, 1.807) is 11.3 Å². The van der Waals surface area contributed by atoms with Gasteiger partial charge in [-0.2, -0.15) is 0 Å². The van der Waals surface area contributed by atoms with Gasteiger partial charge in [0.15, 0.2) is 0 Å². The van der Waals surface area contributed by atoms with E-state index in [4.69, 9.17) is 0 Å². The summed E-state index contributed by atoms with van der Waals surface area (Å²) in [6.07, 6.45) is 2.19. The van der Waals surface area contributed by atoms with Crippen molar-refractivity contribution in [3.8, 4) is 0 Å². The zero-order chi connectivity index (χ0) is 14.5. The normalized spacial score (nSPS) is 12.6. The monoisotopic (exact) mass is 288 g/mol. The van der Waals surface area contributed by atoms with Crippen molar-refractivity contribution in [1.82, 2.24) is 10.3 Å². The molecule has 20 heavy (non-hydrogen) atoms. The van der Waals surface area contributed by atoms with Crippen LogP contribution in [0.1, 0.15) is 46.6 Å². The lowest BCUT2D eigenvalue weighted by atomic mass is 9.99. The van der Waals surface area contributed by atoms with E-state index in [0.717, 1.165) is 25.1 Å². The maximum atomic E-state index is 4.40. The summed E-state index contributed by atoms with van der Waals surface area (Å²) in [5.74, 6) is 0. The number of thiazole rings is 1. The van der Waals surface area contributed by atoms with Crippen molar-refractivity contribution in [3.63, 3.8) is 0 Å². The van der Waals surface area contributed by atoms with Crippen LogP contribution in [0.15, 0.2) is 23.7 Å². The molecule has 2 nitrogen and oxygen atoms in total. The summed E-state index contributed by atoms with van der Waals surface area (Å²) in [7, 11) is 0. The van der Waals surface area contributed by atoms with Crippen molar-refractivity contribution in [1.29, 1.82) is 0 Å². The van der Waals surface area contributed by atoms with Gasteiger partial charge >= 0.3 is 0 Å². The van der Waals surface area contributed by atoms with Crippen molar-refractivity contribution < 1.29 is 0 Å². The number of aryl methyl sites for hydroxylation is 3. The number of nitrogens with zero attached hydrogens (tertiary/aromatic N) is 1. The van der Waals surface area contributed by atoms with Gasteiger partial charge in [0.25, 0.3) is 0 Å². The van der Waals surface area contributed by atoms with Crippen LogP contribution in [0.25, 0.3) is 0 Å². The number of rotatable bonds is 6. The molecule has 0 aliphatic heterocycles. The molecule has 3 heteroatoms. The second-order valence-electron chi connectivity index (χ2n) is 5.43. The van der Waals surface area contributed by atoms with Crippen LogP contribution in [-0.2, 0) is 6.42 Å². The number of aromatic nitrogens is 1. The summed E-state index contributed by atoms with van der Waals surface area (Å²) >= 11 is 1.76. The third kappa shape index (κ3) is 3.68. The van der Waals surface area contributed by atoms with Crippen LogP contribution in [0.3, 0.4) is 0 Å². The highest BCUT2D eigenvalue weighted by molar-refractivity contribution is 7.09. The predicted molar refractivity (Wildman–Crippen MR) is 87.5 cm³/mol. The van der Waals surface area contributed by atoms with E-state index in [1.165, 1.54) is 21.6 Å². The Bertz CT molecular complexity index is 560. The molecule has 1 atom stereocenters. The maximum absolute atomic E-state index is 4.40. The van der Waals surface area contributed by atoms with Crippen molar-refractivity contribution in [2.45, 2.75) is 46.6 Å². The molecule has 0 amide bonds. The van der Waals surface area contributed by atoms with Crippen LogP contribution >= 0.6 is 11.3 Å². The molecule has 0 aliphatic carbocycles. The molecule has 0 bridgehead atoms. The SMILES string of the molecule is CCCNC(Cc1ccc(C)c(C)c1)c1scnc1C.